The first-order valence-electron chi connectivity index (χ1n) is 6.59. The van der Waals surface area contributed by atoms with Crippen LogP contribution in [0.1, 0.15) is 18.7 Å². The van der Waals surface area contributed by atoms with E-state index in [0.29, 0.717) is 19.6 Å². The van der Waals surface area contributed by atoms with Crippen molar-refractivity contribution in [2.24, 2.45) is 5.41 Å². The molecule has 106 valence electrons. The quantitative estimate of drug-likeness (QED) is 0.645. The van der Waals surface area contributed by atoms with Crippen molar-refractivity contribution in [1.29, 1.82) is 0 Å². The Morgan fingerprint density at radius 1 is 1.53 bits per heavy atom. The van der Waals surface area contributed by atoms with E-state index in [9.17, 15) is 4.79 Å². The molecule has 0 saturated carbocycles. The minimum atomic E-state index is -0.387. The van der Waals surface area contributed by atoms with E-state index in [2.05, 4.69) is 25.8 Å². The Bertz CT molecular complexity index is 381. The normalized spacial score (nSPS) is 18.2. The van der Waals surface area contributed by atoms with Gasteiger partial charge in [-0.15, -0.1) is 0 Å². The molecule has 1 aromatic rings. The van der Waals surface area contributed by atoms with E-state index in [0.717, 1.165) is 31.8 Å². The van der Waals surface area contributed by atoms with Gasteiger partial charge in [0.2, 0.25) is 5.91 Å². The standard InChI is InChI=1S/C12H21N5O2/c1-19-8-12(3-6-13-7-4-12)11(18)14-5-2-10-15-9-16-17-10/h9,13H,2-8H2,1H3,(H,14,18)(H,15,16,17). The monoisotopic (exact) mass is 267 g/mol. The maximum Gasteiger partial charge on any atom is 0.228 e. The summed E-state index contributed by atoms with van der Waals surface area (Å²) in [5, 5.41) is 12.8. The SMILES string of the molecule is COCC1(C(=O)NCCc2ncn[nH]2)CCNCC1. The number of hydrogen-bond acceptors (Lipinski definition) is 5. The number of aromatic nitrogens is 3. The lowest BCUT2D eigenvalue weighted by Gasteiger charge is -2.35. The average molecular weight is 267 g/mol. The van der Waals surface area contributed by atoms with Crippen molar-refractivity contribution in [3.05, 3.63) is 12.2 Å². The highest BCUT2D eigenvalue weighted by Crippen LogP contribution is 2.29. The van der Waals surface area contributed by atoms with Crippen LogP contribution >= 0.6 is 0 Å². The Kier molecular flexibility index (Phi) is 4.86. The molecule has 7 heteroatoms. The van der Waals surface area contributed by atoms with Crippen molar-refractivity contribution in [2.75, 3.05) is 33.4 Å². The lowest BCUT2D eigenvalue weighted by molar-refractivity contribution is -0.136. The summed E-state index contributed by atoms with van der Waals surface area (Å²) in [5.41, 5.74) is -0.387. The summed E-state index contributed by atoms with van der Waals surface area (Å²) in [6, 6.07) is 0. The molecule has 0 aromatic carbocycles. The van der Waals surface area contributed by atoms with E-state index in [1.165, 1.54) is 6.33 Å². The molecule has 1 aliphatic heterocycles. The van der Waals surface area contributed by atoms with Gasteiger partial charge in [-0.2, -0.15) is 5.10 Å². The van der Waals surface area contributed by atoms with Crippen molar-refractivity contribution < 1.29 is 9.53 Å². The zero-order valence-corrected chi connectivity index (χ0v) is 11.2. The maximum atomic E-state index is 12.4. The number of hydrogen-bond donors (Lipinski definition) is 3. The summed E-state index contributed by atoms with van der Waals surface area (Å²) in [7, 11) is 1.64. The van der Waals surface area contributed by atoms with Crippen LogP contribution in [-0.2, 0) is 16.0 Å². The number of methoxy groups -OCH3 is 1. The van der Waals surface area contributed by atoms with Gasteiger partial charge >= 0.3 is 0 Å². The molecule has 2 rings (SSSR count). The topological polar surface area (TPSA) is 91.9 Å². The van der Waals surface area contributed by atoms with E-state index in [4.69, 9.17) is 4.74 Å². The molecule has 0 bridgehead atoms. The Labute approximate surface area is 112 Å². The van der Waals surface area contributed by atoms with Crippen LogP contribution in [0.2, 0.25) is 0 Å². The Morgan fingerprint density at radius 3 is 2.95 bits per heavy atom. The second-order valence-corrected chi connectivity index (χ2v) is 4.90. The second-order valence-electron chi connectivity index (χ2n) is 4.90. The van der Waals surface area contributed by atoms with Crippen molar-refractivity contribution >= 4 is 5.91 Å². The van der Waals surface area contributed by atoms with Crippen LogP contribution in [-0.4, -0.2) is 54.4 Å². The van der Waals surface area contributed by atoms with Gasteiger partial charge < -0.3 is 15.4 Å². The number of rotatable bonds is 6. The van der Waals surface area contributed by atoms with Gasteiger partial charge in [-0.1, -0.05) is 0 Å². The Balaban J connectivity index is 1.85. The van der Waals surface area contributed by atoms with Crippen LogP contribution in [0.3, 0.4) is 0 Å². The highest BCUT2D eigenvalue weighted by atomic mass is 16.5. The fraction of sp³-hybridized carbons (Fsp3) is 0.750. The van der Waals surface area contributed by atoms with Crippen LogP contribution < -0.4 is 10.6 Å². The molecule has 1 amide bonds. The highest BCUT2D eigenvalue weighted by molar-refractivity contribution is 5.83. The summed E-state index contributed by atoms with van der Waals surface area (Å²) in [6.45, 7) is 2.76. The number of ether oxygens (including phenoxy) is 1. The van der Waals surface area contributed by atoms with E-state index in [1.807, 2.05) is 0 Å². The maximum absolute atomic E-state index is 12.4. The molecule has 1 saturated heterocycles. The minimum absolute atomic E-state index is 0.0790. The van der Waals surface area contributed by atoms with Gasteiger partial charge in [0.15, 0.2) is 0 Å². The molecule has 7 nitrogen and oxygen atoms in total. The van der Waals surface area contributed by atoms with Gasteiger partial charge in [-0.05, 0) is 25.9 Å². The summed E-state index contributed by atoms with van der Waals surface area (Å²) in [5.74, 6) is 0.863. The molecule has 0 spiro atoms. The number of aromatic amines is 1. The number of carbonyl (C=O) groups is 1. The van der Waals surface area contributed by atoms with Crippen molar-refractivity contribution in [1.82, 2.24) is 25.8 Å². The molecule has 19 heavy (non-hydrogen) atoms. The van der Waals surface area contributed by atoms with Gasteiger partial charge in [0.1, 0.15) is 12.2 Å². The van der Waals surface area contributed by atoms with Gasteiger partial charge in [0.05, 0.1) is 12.0 Å². The van der Waals surface area contributed by atoms with E-state index in [1.54, 1.807) is 7.11 Å². The molecule has 2 heterocycles. The predicted octanol–water partition coefficient (Wildman–Crippen LogP) is -0.520. The molecule has 0 aliphatic carbocycles. The molecule has 0 radical (unpaired) electrons. The smallest absolute Gasteiger partial charge is 0.228 e. The summed E-state index contributed by atoms with van der Waals surface area (Å²) in [6.07, 6.45) is 3.76. The first kappa shape index (κ1) is 14.0. The first-order chi connectivity index (χ1) is 9.27. The van der Waals surface area contributed by atoms with Crippen molar-refractivity contribution in [2.45, 2.75) is 19.3 Å². The minimum Gasteiger partial charge on any atom is -0.384 e. The molecule has 1 aliphatic rings. The molecule has 1 fully saturated rings. The zero-order chi connectivity index (χ0) is 13.6. The van der Waals surface area contributed by atoms with Gasteiger partial charge in [-0.25, -0.2) is 4.98 Å². The summed E-state index contributed by atoms with van der Waals surface area (Å²) < 4.78 is 5.24. The average Bonchev–Trinajstić information content (AvgIpc) is 2.93. The van der Waals surface area contributed by atoms with Crippen LogP contribution in [0.4, 0.5) is 0 Å². The Hall–Kier alpha value is -1.47. The fourth-order valence-corrected chi connectivity index (χ4v) is 2.45. The van der Waals surface area contributed by atoms with E-state index < -0.39 is 0 Å². The first-order valence-corrected chi connectivity index (χ1v) is 6.59. The molecular formula is C12H21N5O2. The van der Waals surface area contributed by atoms with Gasteiger partial charge in [-0.3, -0.25) is 9.89 Å². The number of carbonyl (C=O) groups excluding carboxylic acids is 1. The third kappa shape index (κ3) is 3.51. The third-order valence-corrected chi connectivity index (χ3v) is 3.58. The molecular weight excluding hydrogens is 246 g/mol. The van der Waals surface area contributed by atoms with Crippen LogP contribution in [0.15, 0.2) is 6.33 Å². The number of amides is 1. The van der Waals surface area contributed by atoms with E-state index in [-0.39, 0.29) is 11.3 Å². The molecule has 3 N–H and O–H groups in total. The van der Waals surface area contributed by atoms with Crippen LogP contribution in [0, 0.1) is 5.41 Å². The third-order valence-electron chi connectivity index (χ3n) is 3.58. The van der Waals surface area contributed by atoms with Gasteiger partial charge in [0.25, 0.3) is 0 Å². The predicted molar refractivity (Wildman–Crippen MR) is 69.5 cm³/mol. The Morgan fingerprint density at radius 2 is 2.32 bits per heavy atom. The summed E-state index contributed by atoms with van der Waals surface area (Å²) in [4.78, 5) is 16.4. The number of nitrogens with one attached hydrogen (secondary N) is 3. The van der Waals surface area contributed by atoms with Crippen molar-refractivity contribution in [3.63, 3.8) is 0 Å². The number of H-pyrrole nitrogens is 1. The molecule has 0 unspecified atom stereocenters. The second kappa shape index (κ2) is 6.63. The van der Waals surface area contributed by atoms with Crippen LogP contribution in [0.5, 0.6) is 0 Å². The van der Waals surface area contributed by atoms with Crippen molar-refractivity contribution in [3.8, 4) is 0 Å². The molecule has 0 atom stereocenters. The highest BCUT2D eigenvalue weighted by Gasteiger charge is 2.39. The zero-order valence-electron chi connectivity index (χ0n) is 11.2. The molecule has 1 aromatic heterocycles. The van der Waals surface area contributed by atoms with Gasteiger partial charge in [0, 0.05) is 20.1 Å². The number of nitrogens with zero attached hydrogens (tertiary/aromatic N) is 2. The summed E-state index contributed by atoms with van der Waals surface area (Å²) >= 11 is 0. The fourth-order valence-electron chi connectivity index (χ4n) is 2.45. The van der Waals surface area contributed by atoms with E-state index >= 15 is 0 Å². The van der Waals surface area contributed by atoms with Crippen LogP contribution in [0.25, 0.3) is 0 Å². The lowest BCUT2D eigenvalue weighted by atomic mass is 9.78. The lowest BCUT2D eigenvalue weighted by Crippen LogP contribution is -2.50. The largest absolute Gasteiger partial charge is 0.384 e. The number of piperidine rings is 1.